The molecular weight excluding hydrogens is 208 g/mol. The predicted molar refractivity (Wildman–Crippen MR) is 69.2 cm³/mol. The van der Waals surface area contributed by atoms with E-state index in [0.717, 1.165) is 16.7 Å². The molecule has 85 valence electrons. The first-order valence-electron chi connectivity index (χ1n) is 5.65. The minimum absolute atomic E-state index is 0.605. The highest BCUT2D eigenvalue weighted by Crippen LogP contribution is 2.33. The third kappa shape index (κ3) is 2.40. The Morgan fingerprint density at radius 1 is 0.882 bits per heavy atom. The Morgan fingerprint density at radius 3 is 2.12 bits per heavy atom. The normalized spacial score (nSPS) is 11.5. The van der Waals surface area contributed by atoms with E-state index in [9.17, 15) is 0 Å². The van der Waals surface area contributed by atoms with Gasteiger partial charge in [0, 0.05) is 0 Å². The maximum absolute atomic E-state index is 7.20. The first kappa shape index (κ1) is 11.9. The van der Waals surface area contributed by atoms with Crippen LogP contribution in [-0.2, 0) is 10.3 Å². The van der Waals surface area contributed by atoms with E-state index >= 15 is 0 Å². The fourth-order valence-electron chi connectivity index (χ4n) is 1.93. The van der Waals surface area contributed by atoms with E-state index in [2.05, 4.69) is 18.2 Å². The summed E-state index contributed by atoms with van der Waals surface area (Å²) < 4.78 is 4.84. The Balaban J connectivity index is 2.56. The standard InChI is InChI=1S/C16H15O/c1-16(2,17-3)15-12-8-7-11-14(15)13-9-5-4-6-10-13/h4-12H,1-2H3. The van der Waals surface area contributed by atoms with Crippen LogP contribution in [0.3, 0.4) is 0 Å². The quantitative estimate of drug-likeness (QED) is 0.759. The first-order chi connectivity index (χ1) is 8.15. The number of benzene rings is 2. The van der Waals surface area contributed by atoms with Gasteiger partial charge in [-0.05, 0) is 30.5 Å². The van der Waals surface area contributed by atoms with Crippen molar-refractivity contribution < 1.29 is 4.74 Å². The fourth-order valence-corrected chi connectivity index (χ4v) is 1.93. The van der Waals surface area contributed by atoms with Crippen LogP contribution < -0.4 is 0 Å². The zero-order valence-corrected chi connectivity index (χ0v) is 10.1. The van der Waals surface area contributed by atoms with E-state index in [1.165, 1.54) is 0 Å². The summed E-state index contributed by atoms with van der Waals surface area (Å²) in [5.74, 6) is 0. The topological polar surface area (TPSA) is 9.23 Å². The van der Waals surface area contributed by atoms with Crippen LogP contribution in [-0.4, -0.2) is 0 Å². The van der Waals surface area contributed by atoms with Crippen molar-refractivity contribution in [1.29, 1.82) is 0 Å². The molecular formula is C16H15O. The Labute approximate surface area is 103 Å². The second-order valence-corrected chi connectivity index (χ2v) is 4.52. The first-order valence-corrected chi connectivity index (χ1v) is 5.65. The van der Waals surface area contributed by atoms with Crippen LogP contribution in [0.4, 0.5) is 0 Å². The SMILES string of the molecule is [C]OC(C)(C)c1ccccc1-c1ccccc1. The lowest BCUT2D eigenvalue weighted by molar-refractivity contribution is 0.0501. The van der Waals surface area contributed by atoms with Gasteiger partial charge in [0.25, 0.3) is 0 Å². The fraction of sp³-hybridized carbons (Fsp3) is 0.188. The van der Waals surface area contributed by atoms with Gasteiger partial charge in [0.15, 0.2) is 7.11 Å². The number of rotatable bonds is 3. The van der Waals surface area contributed by atoms with E-state index in [4.69, 9.17) is 11.8 Å². The largest absolute Gasteiger partial charge is 0.355 e. The minimum atomic E-state index is -0.605. The molecule has 0 amide bonds. The van der Waals surface area contributed by atoms with Crippen molar-refractivity contribution in [1.82, 2.24) is 0 Å². The molecule has 2 aromatic carbocycles. The predicted octanol–water partition coefficient (Wildman–Crippen LogP) is 4.15. The molecule has 0 saturated carbocycles. The zero-order valence-electron chi connectivity index (χ0n) is 10.1. The molecule has 0 bridgehead atoms. The van der Waals surface area contributed by atoms with Crippen LogP contribution in [0.1, 0.15) is 19.4 Å². The van der Waals surface area contributed by atoms with Gasteiger partial charge in [0.2, 0.25) is 0 Å². The van der Waals surface area contributed by atoms with E-state index < -0.39 is 5.60 Å². The zero-order chi connectivity index (χ0) is 12.3. The molecule has 2 rings (SSSR count). The van der Waals surface area contributed by atoms with Gasteiger partial charge < -0.3 is 4.74 Å². The molecule has 3 radical (unpaired) electrons. The summed E-state index contributed by atoms with van der Waals surface area (Å²) in [5.41, 5.74) is 2.69. The Hall–Kier alpha value is -1.60. The summed E-state index contributed by atoms with van der Waals surface area (Å²) in [7, 11) is 7.20. The van der Waals surface area contributed by atoms with Gasteiger partial charge in [-0.3, -0.25) is 0 Å². The van der Waals surface area contributed by atoms with Crippen molar-refractivity contribution in [3.05, 3.63) is 67.3 Å². The second kappa shape index (κ2) is 4.72. The lowest BCUT2D eigenvalue weighted by atomic mass is 9.89. The average Bonchev–Trinajstić information content (AvgIpc) is 2.40. The molecule has 0 spiro atoms. The smallest absolute Gasteiger partial charge is 0.174 e. The summed E-state index contributed by atoms with van der Waals surface area (Å²) in [6.07, 6.45) is 0. The average molecular weight is 223 g/mol. The Morgan fingerprint density at radius 2 is 1.47 bits per heavy atom. The van der Waals surface area contributed by atoms with Gasteiger partial charge in [-0.2, -0.15) is 0 Å². The summed E-state index contributed by atoms with van der Waals surface area (Å²) in [5, 5.41) is 0. The molecule has 2 aromatic rings. The van der Waals surface area contributed by atoms with E-state index in [-0.39, 0.29) is 0 Å². The molecule has 0 saturated heterocycles. The van der Waals surface area contributed by atoms with E-state index in [1.54, 1.807) is 0 Å². The molecule has 0 fully saturated rings. The molecule has 0 heterocycles. The molecule has 0 N–H and O–H groups in total. The molecule has 1 nitrogen and oxygen atoms in total. The van der Waals surface area contributed by atoms with Crippen LogP contribution in [0.25, 0.3) is 11.1 Å². The lowest BCUT2D eigenvalue weighted by Gasteiger charge is -2.25. The Bertz CT molecular complexity index is 486. The van der Waals surface area contributed by atoms with Gasteiger partial charge in [-0.15, -0.1) is 0 Å². The van der Waals surface area contributed by atoms with E-state index in [0.29, 0.717) is 0 Å². The number of hydrogen-bond acceptors (Lipinski definition) is 1. The molecule has 17 heavy (non-hydrogen) atoms. The van der Waals surface area contributed by atoms with Crippen LogP contribution in [0.2, 0.25) is 0 Å². The van der Waals surface area contributed by atoms with E-state index in [1.807, 2.05) is 50.2 Å². The summed E-state index contributed by atoms with van der Waals surface area (Å²) in [4.78, 5) is 0. The monoisotopic (exact) mass is 223 g/mol. The molecule has 1 heteroatoms. The lowest BCUT2D eigenvalue weighted by Crippen LogP contribution is -2.19. The van der Waals surface area contributed by atoms with Crippen molar-refractivity contribution in [3.8, 4) is 11.1 Å². The molecule has 0 unspecified atom stereocenters. The summed E-state index contributed by atoms with van der Waals surface area (Å²) >= 11 is 0. The highest BCUT2D eigenvalue weighted by molar-refractivity contribution is 5.68. The van der Waals surface area contributed by atoms with Gasteiger partial charge in [-0.1, -0.05) is 54.6 Å². The van der Waals surface area contributed by atoms with Crippen LogP contribution in [0, 0.1) is 7.11 Å². The summed E-state index contributed by atoms with van der Waals surface area (Å²) in [6, 6.07) is 18.2. The second-order valence-electron chi connectivity index (χ2n) is 4.52. The van der Waals surface area contributed by atoms with Gasteiger partial charge >= 0.3 is 0 Å². The third-order valence-electron chi connectivity index (χ3n) is 2.92. The molecule has 0 aliphatic carbocycles. The van der Waals surface area contributed by atoms with Gasteiger partial charge in [0.05, 0.1) is 5.60 Å². The Kier molecular flexibility index (Phi) is 3.30. The molecule has 0 aliphatic rings. The van der Waals surface area contributed by atoms with Crippen molar-refractivity contribution in [3.63, 3.8) is 0 Å². The third-order valence-corrected chi connectivity index (χ3v) is 2.92. The van der Waals surface area contributed by atoms with Gasteiger partial charge in [0.1, 0.15) is 0 Å². The number of hydrogen-bond donors (Lipinski definition) is 0. The molecule has 0 aromatic heterocycles. The maximum atomic E-state index is 7.20. The van der Waals surface area contributed by atoms with Crippen LogP contribution in [0.15, 0.2) is 54.6 Å². The minimum Gasteiger partial charge on any atom is -0.355 e. The maximum Gasteiger partial charge on any atom is 0.174 e. The summed E-state index contributed by atoms with van der Waals surface area (Å²) in [6.45, 7) is 3.81. The highest BCUT2D eigenvalue weighted by atomic mass is 16.5. The van der Waals surface area contributed by atoms with Crippen molar-refractivity contribution in [2.45, 2.75) is 19.4 Å². The van der Waals surface area contributed by atoms with Crippen molar-refractivity contribution in [2.75, 3.05) is 0 Å². The van der Waals surface area contributed by atoms with Crippen LogP contribution in [0.5, 0.6) is 0 Å². The molecule has 0 aliphatic heterocycles. The van der Waals surface area contributed by atoms with Gasteiger partial charge in [-0.25, -0.2) is 0 Å². The van der Waals surface area contributed by atoms with Crippen molar-refractivity contribution in [2.24, 2.45) is 0 Å². The van der Waals surface area contributed by atoms with Crippen LogP contribution >= 0.6 is 0 Å². The van der Waals surface area contributed by atoms with Crippen molar-refractivity contribution >= 4 is 0 Å². The number of ether oxygens (including phenoxy) is 1. The highest BCUT2D eigenvalue weighted by Gasteiger charge is 2.23. The molecule has 0 atom stereocenters.